The van der Waals surface area contributed by atoms with Crippen LogP contribution in [0.2, 0.25) is 0 Å². The van der Waals surface area contributed by atoms with Crippen LogP contribution in [-0.2, 0) is 4.79 Å². The molecule has 0 aliphatic carbocycles. The van der Waals surface area contributed by atoms with Crippen LogP contribution in [-0.4, -0.2) is 47.0 Å². The van der Waals surface area contributed by atoms with E-state index in [4.69, 9.17) is 5.11 Å². The molecule has 0 spiro atoms. The van der Waals surface area contributed by atoms with E-state index < -0.39 is 5.97 Å². The lowest BCUT2D eigenvalue weighted by atomic mass is 10.1. The first-order valence-corrected chi connectivity index (χ1v) is 8.98. The maximum absolute atomic E-state index is 12.2. The molecule has 1 N–H and O–H groups in total. The maximum Gasteiger partial charge on any atom is 0.305 e. The maximum atomic E-state index is 12.2. The average molecular weight is 325 g/mol. The van der Waals surface area contributed by atoms with Crippen molar-refractivity contribution in [1.82, 2.24) is 4.90 Å². The second-order valence-corrected chi connectivity index (χ2v) is 7.64. The number of hydrogen-bond donors (Lipinski definition) is 1. The summed E-state index contributed by atoms with van der Waals surface area (Å²) in [5, 5.41) is 8.65. The van der Waals surface area contributed by atoms with Crippen molar-refractivity contribution < 1.29 is 14.7 Å². The predicted molar refractivity (Wildman–Crippen MR) is 87.9 cm³/mol. The summed E-state index contributed by atoms with van der Waals surface area (Å²) in [6.07, 6.45) is 1.23. The number of aliphatic carboxylic acids is 1. The van der Waals surface area contributed by atoms with Crippen LogP contribution in [0.4, 0.5) is 0 Å². The molecule has 114 valence electrons. The van der Waals surface area contributed by atoms with Crippen molar-refractivity contribution in [2.75, 3.05) is 25.1 Å². The minimum atomic E-state index is -0.892. The van der Waals surface area contributed by atoms with Gasteiger partial charge in [-0.3, -0.25) is 9.59 Å². The lowest BCUT2D eigenvalue weighted by Gasteiger charge is -2.21. The molecule has 21 heavy (non-hydrogen) atoms. The van der Waals surface area contributed by atoms with Crippen LogP contribution in [0.15, 0.2) is 24.3 Å². The second-order valence-electron chi connectivity index (χ2n) is 4.92. The summed E-state index contributed by atoms with van der Waals surface area (Å²) in [7, 11) is 1.63. The quantitative estimate of drug-likeness (QED) is 0.901. The number of benzene rings is 1. The number of carboxylic acids is 1. The third kappa shape index (κ3) is 4.68. The lowest BCUT2D eigenvalue weighted by Crippen LogP contribution is -2.29. The van der Waals surface area contributed by atoms with Gasteiger partial charge in [-0.2, -0.15) is 0 Å². The van der Waals surface area contributed by atoms with Crippen LogP contribution in [0.25, 0.3) is 0 Å². The van der Waals surface area contributed by atoms with Gasteiger partial charge in [0.25, 0.3) is 5.91 Å². The standard InChI is InChI=1S/C15H19NO3S2/c1-16(8-7-13(17)18)14(19)11-3-5-12(6-4-11)15-20-9-2-10-21-15/h3-6,15H,2,7-10H2,1H3,(H,17,18). The number of rotatable bonds is 5. The van der Waals surface area contributed by atoms with Gasteiger partial charge in [-0.05, 0) is 35.6 Å². The van der Waals surface area contributed by atoms with Gasteiger partial charge in [0.15, 0.2) is 0 Å². The minimum Gasteiger partial charge on any atom is -0.481 e. The van der Waals surface area contributed by atoms with Gasteiger partial charge in [-0.15, -0.1) is 23.5 Å². The Kier molecular flexibility index (Phi) is 5.99. The van der Waals surface area contributed by atoms with Gasteiger partial charge in [-0.25, -0.2) is 0 Å². The number of carboxylic acid groups (broad SMARTS) is 1. The van der Waals surface area contributed by atoms with E-state index in [0.717, 1.165) is 0 Å². The molecular formula is C15H19NO3S2. The first kappa shape index (κ1) is 16.2. The molecule has 1 saturated heterocycles. The highest BCUT2D eigenvalue weighted by Gasteiger charge is 2.18. The van der Waals surface area contributed by atoms with E-state index in [-0.39, 0.29) is 18.9 Å². The highest BCUT2D eigenvalue weighted by Crippen LogP contribution is 2.43. The van der Waals surface area contributed by atoms with Crippen LogP contribution in [0.3, 0.4) is 0 Å². The van der Waals surface area contributed by atoms with Gasteiger partial charge in [0.2, 0.25) is 0 Å². The van der Waals surface area contributed by atoms with Gasteiger partial charge in [-0.1, -0.05) is 12.1 Å². The zero-order chi connectivity index (χ0) is 15.2. The SMILES string of the molecule is CN(CCC(=O)O)C(=O)c1ccc(C2SCCCS2)cc1. The number of thioether (sulfide) groups is 2. The lowest BCUT2D eigenvalue weighted by molar-refractivity contribution is -0.137. The third-order valence-corrected chi connectivity index (χ3v) is 6.28. The fraction of sp³-hybridized carbons (Fsp3) is 0.467. The number of carbonyl (C=O) groups excluding carboxylic acids is 1. The van der Waals surface area contributed by atoms with Crippen molar-refractivity contribution in [1.29, 1.82) is 0 Å². The highest BCUT2D eigenvalue weighted by atomic mass is 32.2. The molecule has 1 heterocycles. The normalized spacial score (nSPS) is 15.7. The Morgan fingerprint density at radius 2 is 1.86 bits per heavy atom. The monoisotopic (exact) mass is 325 g/mol. The molecule has 0 radical (unpaired) electrons. The molecule has 1 fully saturated rings. The molecule has 1 aliphatic rings. The number of amides is 1. The van der Waals surface area contributed by atoms with Crippen molar-refractivity contribution in [3.8, 4) is 0 Å². The summed E-state index contributed by atoms with van der Waals surface area (Å²) in [6.45, 7) is 0.226. The van der Waals surface area contributed by atoms with E-state index in [0.29, 0.717) is 10.1 Å². The van der Waals surface area contributed by atoms with Crippen LogP contribution >= 0.6 is 23.5 Å². The van der Waals surface area contributed by atoms with Crippen LogP contribution < -0.4 is 0 Å². The number of hydrogen-bond acceptors (Lipinski definition) is 4. The summed E-state index contributed by atoms with van der Waals surface area (Å²) >= 11 is 3.90. The molecule has 2 rings (SSSR count). The minimum absolute atomic E-state index is 0.0321. The zero-order valence-electron chi connectivity index (χ0n) is 11.9. The van der Waals surface area contributed by atoms with Crippen LogP contribution in [0.1, 0.15) is 33.3 Å². The van der Waals surface area contributed by atoms with Crippen molar-refractivity contribution >= 4 is 35.4 Å². The number of nitrogens with zero attached hydrogens (tertiary/aromatic N) is 1. The van der Waals surface area contributed by atoms with Crippen molar-refractivity contribution in [3.63, 3.8) is 0 Å². The molecule has 0 atom stereocenters. The molecule has 4 nitrogen and oxygen atoms in total. The van der Waals surface area contributed by atoms with E-state index in [2.05, 4.69) is 0 Å². The first-order valence-electron chi connectivity index (χ1n) is 6.88. The Bertz CT molecular complexity index is 498. The Morgan fingerprint density at radius 1 is 1.24 bits per heavy atom. The fourth-order valence-corrected chi connectivity index (χ4v) is 4.94. The highest BCUT2D eigenvalue weighted by molar-refractivity contribution is 8.16. The van der Waals surface area contributed by atoms with E-state index >= 15 is 0 Å². The zero-order valence-corrected chi connectivity index (χ0v) is 13.6. The molecule has 1 aliphatic heterocycles. The van der Waals surface area contributed by atoms with Gasteiger partial charge in [0, 0.05) is 19.2 Å². The van der Waals surface area contributed by atoms with Gasteiger partial charge >= 0.3 is 5.97 Å². The molecule has 1 amide bonds. The third-order valence-electron chi connectivity index (χ3n) is 3.26. The summed E-state index contributed by atoms with van der Waals surface area (Å²) in [5.74, 6) is 1.36. The second kappa shape index (κ2) is 7.75. The molecule has 1 aromatic rings. The van der Waals surface area contributed by atoms with E-state index in [1.807, 2.05) is 47.8 Å². The number of carbonyl (C=O) groups is 2. The topological polar surface area (TPSA) is 57.6 Å². The van der Waals surface area contributed by atoms with Crippen LogP contribution in [0.5, 0.6) is 0 Å². The van der Waals surface area contributed by atoms with Gasteiger partial charge in [0.1, 0.15) is 0 Å². The first-order chi connectivity index (χ1) is 10.1. The predicted octanol–water partition coefficient (Wildman–Crippen LogP) is 3.10. The van der Waals surface area contributed by atoms with Crippen molar-refractivity contribution in [2.24, 2.45) is 0 Å². The summed E-state index contributed by atoms with van der Waals surface area (Å²) < 4.78 is 0.465. The van der Waals surface area contributed by atoms with Gasteiger partial charge < -0.3 is 10.0 Å². The Hall–Kier alpha value is -1.14. The smallest absolute Gasteiger partial charge is 0.305 e. The molecule has 1 aromatic carbocycles. The summed E-state index contributed by atoms with van der Waals surface area (Å²) in [5.41, 5.74) is 1.85. The molecule has 0 aromatic heterocycles. The van der Waals surface area contributed by atoms with Crippen LogP contribution in [0, 0.1) is 0 Å². The molecule has 0 unspecified atom stereocenters. The Balaban J connectivity index is 1.97. The van der Waals surface area contributed by atoms with Crippen molar-refractivity contribution in [3.05, 3.63) is 35.4 Å². The molecular weight excluding hydrogens is 306 g/mol. The molecule has 6 heteroatoms. The molecule has 0 bridgehead atoms. The van der Waals surface area contributed by atoms with Crippen molar-refractivity contribution in [2.45, 2.75) is 17.4 Å². The van der Waals surface area contributed by atoms with E-state index in [1.54, 1.807) is 7.05 Å². The average Bonchev–Trinajstić information content (AvgIpc) is 2.53. The summed E-state index contributed by atoms with van der Waals surface area (Å²) in [4.78, 5) is 24.2. The van der Waals surface area contributed by atoms with E-state index in [1.165, 1.54) is 28.4 Å². The Labute approximate surface area is 133 Å². The summed E-state index contributed by atoms with van der Waals surface area (Å²) in [6, 6.07) is 7.69. The van der Waals surface area contributed by atoms with Gasteiger partial charge in [0.05, 0.1) is 11.0 Å². The Morgan fingerprint density at radius 3 is 2.43 bits per heavy atom. The largest absolute Gasteiger partial charge is 0.481 e. The van der Waals surface area contributed by atoms with E-state index in [9.17, 15) is 9.59 Å². The molecule has 0 saturated carbocycles. The fourth-order valence-electron chi connectivity index (χ4n) is 2.05.